The maximum atomic E-state index is 15.4. The van der Waals surface area contributed by atoms with Gasteiger partial charge in [0.25, 0.3) is 0 Å². The highest BCUT2D eigenvalue weighted by molar-refractivity contribution is 5.98. The summed E-state index contributed by atoms with van der Waals surface area (Å²) in [4.78, 5) is 15.5. The Morgan fingerprint density at radius 1 is 1.14 bits per heavy atom. The number of carbonyl (C=O) groups excluding carboxylic acids is 1. The molecule has 3 aromatic rings. The summed E-state index contributed by atoms with van der Waals surface area (Å²) in [5.74, 6) is -1.23. The second-order valence-corrected chi connectivity index (χ2v) is 7.60. The summed E-state index contributed by atoms with van der Waals surface area (Å²) in [5.41, 5.74) is 2.79. The van der Waals surface area contributed by atoms with Crippen molar-refractivity contribution in [2.24, 2.45) is 0 Å². The second kappa shape index (κ2) is 8.19. The monoisotopic (exact) mass is 396 g/mol. The fraction of sp³-hybridized carbons (Fsp3) is 0.292. The summed E-state index contributed by atoms with van der Waals surface area (Å²) in [6, 6.07) is 7.35. The number of carbonyl (C=O) groups is 1. The maximum absolute atomic E-state index is 15.4. The van der Waals surface area contributed by atoms with Crippen molar-refractivity contribution in [3.8, 4) is 11.1 Å². The summed E-state index contributed by atoms with van der Waals surface area (Å²) < 4.78 is 30.7. The van der Waals surface area contributed by atoms with Crippen LogP contribution in [0.15, 0.2) is 36.0 Å². The Balaban J connectivity index is 2.15. The van der Waals surface area contributed by atoms with E-state index in [4.69, 9.17) is 0 Å². The molecule has 0 saturated heterocycles. The standard InChI is InChI=1S/C24H26F2N2O/c1-6-16(24(29)28-13(2)3)12-19-14(4)23(26)21(15(5)22(19)25)18-7-8-20-17(11-18)9-10-27-20/h7-13,27H,6H2,1-5H3,(H,28,29)/b16-12+. The molecule has 3 rings (SSSR count). The molecule has 0 aliphatic carbocycles. The van der Waals surface area contributed by atoms with Crippen LogP contribution in [0, 0.1) is 25.5 Å². The van der Waals surface area contributed by atoms with Crippen LogP contribution >= 0.6 is 0 Å². The summed E-state index contributed by atoms with van der Waals surface area (Å²) in [6.07, 6.45) is 3.70. The number of halogens is 2. The molecule has 152 valence electrons. The lowest BCUT2D eigenvalue weighted by atomic mass is 9.91. The van der Waals surface area contributed by atoms with Crippen LogP contribution in [0.1, 0.15) is 43.9 Å². The molecule has 0 saturated carbocycles. The van der Waals surface area contributed by atoms with Gasteiger partial charge in [0.2, 0.25) is 5.91 Å². The van der Waals surface area contributed by atoms with Gasteiger partial charge in [-0.1, -0.05) is 13.0 Å². The fourth-order valence-corrected chi connectivity index (χ4v) is 3.53. The third-order valence-electron chi connectivity index (χ3n) is 5.15. The average Bonchev–Trinajstić information content (AvgIpc) is 3.14. The van der Waals surface area contributed by atoms with Crippen molar-refractivity contribution < 1.29 is 13.6 Å². The molecule has 1 heterocycles. The van der Waals surface area contributed by atoms with Gasteiger partial charge >= 0.3 is 0 Å². The van der Waals surface area contributed by atoms with E-state index in [0.29, 0.717) is 17.6 Å². The van der Waals surface area contributed by atoms with E-state index in [9.17, 15) is 4.79 Å². The molecule has 1 amide bonds. The Labute approximate surface area is 169 Å². The first-order valence-electron chi connectivity index (χ1n) is 9.81. The summed E-state index contributed by atoms with van der Waals surface area (Å²) in [6.45, 7) is 8.66. The predicted octanol–water partition coefficient (Wildman–Crippen LogP) is 6.05. The van der Waals surface area contributed by atoms with E-state index >= 15 is 8.78 Å². The number of hydrogen-bond donors (Lipinski definition) is 2. The molecule has 1 aromatic heterocycles. The van der Waals surface area contributed by atoms with E-state index in [1.54, 1.807) is 19.9 Å². The minimum absolute atomic E-state index is 0.0346. The van der Waals surface area contributed by atoms with Crippen LogP contribution in [-0.2, 0) is 4.79 Å². The Morgan fingerprint density at radius 3 is 2.52 bits per heavy atom. The largest absolute Gasteiger partial charge is 0.361 e. The van der Waals surface area contributed by atoms with Crippen molar-refractivity contribution in [2.45, 2.75) is 47.1 Å². The normalized spacial score (nSPS) is 12.1. The number of benzene rings is 2. The number of hydrogen-bond acceptors (Lipinski definition) is 1. The molecule has 2 N–H and O–H groups in total. The van der Waals surface area contributed by atoms with Crippen molar-refractivity contribution >= 4 is 22.9 Å². The van der Waals surface area contributed by atoms with E-state index in [2.05, 4.69) is 10.3 Å². The fourth-order valence-electron chi connectivity index (χ4n) is 3.53. The lowest BCUT2D eigenvalue weighted by molar-refractivity contribution is -0.118. The summed E-state index contributed by atoms with van der Waals surface area (Å²) in [5, 5.41) is 3.74. The van der Waals surface area contributed by atoms with Gasteiger partial charge in [0.1, 0.15) is 11.6 Å². The molecule has 0 aliphatic rings. The van der Waals surface area contributed by atoms with Gasteiger partial charge in [0.15, 0.2) is 0 Å². The smallest absolute Gasteiger partial charge is 0.247 e. The number of fused-ring (bicyclic) bond motifs is 1. The van der Waals surface area contributed by atoms with Crippen LogP contribution in [0.5, 0.6) is 0 Å². The van der Waals surface area contributed by atoms with Crippen LogP contribution in [0.4, 0.5) is 8.78 Å². The third kappa shape index (κ3) is 3.95. The van der Waals surface area contributed by atoms with Crippen molar-refractivity contribution in [1.82, 2.24) is 10.3 Å². The molecular weight excluding hydrogens is 370 g/mol. The Hall–Kier alpha value is -2.95. The van der Waals surface area contributed by atoms with Gasteiger partial charge in [-0.25, -0.2) is 8.78 Å². The van der Waals surface area contributed by atoms with E-state index in [1.165, 1.54) is 6.08 Å². The first kappa shape index (κ1) is 20.8. The van der Waals surface area contributed by atoms with Gasteiger partial charge in [-0.15, -0.1) is 0 Å². The zero-order valence-electron chi connectivity index (χ0n) is 17.4. The van der Waals surface area contributed by atoms with Gasteiger partial charge in [-0.3, -0.25) is 4.79 Å². The molecule has 0 aliphatic heterocycles. The quantitative estimate of drug-likeness (QED) is 0.507. The SMILES string of the molecule is CC/C(=C\c1c(C)c(F)c(-c2ccc3[nH]ccc3c2)c(C)c1F)C(=O)NC(C)C. The minimum atomic E-state index is -0.503. The first-order chi connectivity index (χ1) is 13.7. The van der Waals surface area contributed by atoms with E-state index in [0.717, 1.165) is 10.9 Å². The summed E-state index contributed by atoms with van der Waals surface area (Å²) in [7, 11) is 0. The molecule has 3 nitrogen and oxygen atoms in total. The first-order valence-corrected chi connectivity index (χ1v) is 9.81. The highest BCUT2D eigenvalue weighted by atomic mass is 19.1. The van der Waals surface area contributed by atoms with Crippen molar-refractivity contribution in [1.29, 1.82) is 0 Å². The molecule has 0 spiro atoms. The second-order valence-electron chi connectivity index (χ2n) is 7.60. The van der Waals surface area contributed by atoms with Crippen LogP contribution in [-0.4, -0.2) is 16.9 Å². The highest BCUT2D eigenvalue weighted by Gasteiger charge is 2.21. The predicted molar refractivity (Wildman–Crippen MR) is 115 cm³/mol. The molecule has 0 bridgehead atoms. The molecule has 0 fully saturated rings. The molecule has 2 aromatic carbocycles. The molecule has 5 heteroatoms. The minimum Gasteiger partial charge on any atom is -0.361 e. The molecule has 0 radical (unpaired) electrons. The number of aromatic nitrogens is 1. The van der Waals surface area contributed by atoms with Crippen molar-refractivity contribution in [3.05, 3.63) is 64.4 Å². The number of amides is 1. The number of rotatable bonds is 5. The van der Waals surface area contributed by atoms with Crippen molar-refractivity contribution in [3.63, 3.8) is 0 Å². The Morgan fingerprint density at radius 2 is 1.86 bits per heavy atom. The lowest BCUT2D eigenvalue weighted by Gasteiger charge is -2.16. The number of nitrogens with one attached hydrogen (secondary N) is 2. The van der Waals surface area contributed by atoms with Crippen LogP contribution in [0.2, 0.25) is 0 Å². The maximum Gasteiger partial charge on any atom is 0.247 e. The average molecular weight is 396 g/mol. The van der Waals surface area contributed by atoms with Gasteiger partial charge in [0, 0.05) is 34.5 Å². The van der Waals surface area contributed by atoms with Gasteiger partial charge in [-0.2, -0.15) is 0 Å². The van der Waals surface area contributed by atoms with E-state index in [1.807, 2.05) is 45.2 Å². The zero-order valence-corrected chi connectivity index (χ0v) is 17.4. The Kier molecular flexibility index (Phi) is 5.87. The van der Waals surface area contributed by atoms with Crippen LogP contribution in [0.3, 0.4) is 0 Å². The topological polar surface area (TPSA) is 44.9 Å². The van der Waals surface area contributed by atoms with E-state index < -0.39 is 11.6 Å². The molecular formula is C24H26F2N2O. The summed E-state index contributed by atoms with van der Waals surface area (Å²) >= 11 is 0. The van der Waals surface area contributed by atoms with Crippen LogP contribution < -0.4 is 5.32 Å². The zero-order chi connectivity index (χ0) is 21.3. The van der Waals surface area contributed by atoms with Crippen LogP contribution in [0.25, 0.3) is 28.1 Å². The van der Waals surface area contributed by atoms with Gasteiger partial charge < -0.3 is 10.3 Å². The molecule has 29 heavy (non-hydrogen) atoms. The van der Waals surface area contributed by atoms with Gasteiger partial charge in [-0.05, 0) is 80.5 Å². The molecule has 0 unspecified atom stereocenters. The molecule has 0 atom stereocenters. The Bertz CT molecular complexity index is 1080. The number of H-pyrrole nitrogens is 1. The number of aromatic amines is 1. The lowest BCUT2D eigenvalue weighted by Crippen LogP contribution is -2.31. The highest BCUT2D eigenvalue weighted by Crippen LogP contribution is 2.35. The van der Waals surface area contributed by atoms with Crippen molar-refractivity contribution in [2.75, 3.05) is 0 Å². The van der Waals surface area contributed by atoms with Gasteiger partial charge in [0.05, 0.1) is 0 Å². The third-order valence-corrected chi connectivity index (χ3v) is 5.15. The van der Waals surface area contributed by atoms with E-state index in [-0.39, 0.29) is 34.2 Å².